The molecule has 0 radical (unpaired) electrons. The molecule has 6 nitrogen and oxygen atoms in total. The highest BCUT2D eigenvalue weighted by Gasteiger charge is 2.26. The number of aliphatic hydroxyl groups is 1. The molecule has 0 bridgehead atoms. The molecule has 1 aromatic heterocycles. The minimum Gasteiger partial charge on any atom is -0.396 e. The SMILES string of the molecule is O=C(c1ccc[nH]1)c1cc(Cl)ccc1NC(=O)N1CC[C@@H](CO)C1. The molecule has 24 heavy (non-hydrogen) atoms. The molecular formula is C17H18ClN3O3. The zero-order chi connectivity index (χ0) is 17.1. The van der Waals surface area contributed by atoms with Crippen LogP contribution in [-0.2, 0) is 0 Å². The molecule has 1 aromatic carbocycles. The Kier molecular flexibility index (Phi) is 4.87. The number of nitrogens with zero attached hydrogens (tertiary/aromatic N) is 1. The molecule has 3 rings (SSSR count). The number of rotatable bonds is 4. The largest absolute Gasteiger partial charge is 0.396 e. The van der Waals surface area contributed by atoms with Gasteiger partial charge in [0, 0.05) is 42.4 Å². The molecule has 1 fully saturated rings. The van der Waals surface area contributed by atoms with Gasteiger partial charge in [-0.2, -0.15) is 0 Å². The summed E-state index contributed by atoms with van der Waals surface area (Å²) in [6.07, 6.45) is 2.44. The summed E-state index contributed by atoms with van der Waals surface area (Å²) >= 11 is 6.01. The Bertz CT molecular complexity index is 746. The van der Waals surface area contributed by atoms with E-state index in [-0.39, 0.29) is 24.3 Å². The first-order valence-corrected chi connectivity index (χ1v) is 8.10. The van der Waals surface area contributed by atoms with Crippen molar-refractivity contribution in [1.29, 1.82) is 0 Å². The zero-order valence-electron chi connectivity index (χ0n) is 13.0. The Balaban J connectivity index is 1.81. The van der Waals surface area contributed by atoms with Gasteiger partial charge in [-0.05, 0) is 36.8 Å². The number of H-pyrrole nitrogens is 1. The van der Waals surface area contributed by atoms with Gasteiger partial charge in [-0.1, -0.05) is 11.6 Å². The lowest BCUT2D eigenvalue weighted by Gasteiger charge is -2.18. The molecule has 0 unspecified atom stereocenters. The highest BCUT2D eigenvalue weighted by molar-refractivity contribution is 6.31. The van der Waals surface area contributed by atoms with E-state index in [9.17, 15) is 14.7 Å². The molecule has 2 aromatic rings. The number of hydrogen-bond acceptors (Lipinski definition) is 3. The van der Waals surface area contributed by atoms with Crippen molar-refractivity contribution in [1.82, 2.24) is 9.88 Å². The number of aliphatic hydroxyl groups excluding tert-OH is 1. The van der Waals surface area contributed by atoms with Gasteiger partial charge in [0.25, 0.3) is 0 Å². The minimum absolute atomic E-state index is 0.0707. The average molecular weight is 348 g/mol. The molecule has 0 aliphatic carbocycles. The van der Waals surface area contributed by atoms with Crippen molar-refractivity contribution in [2.24, 2.45) is 5.92 Å². The lowest BCUT2D eigenvalue weighted by molar-refractivity contribution is 0.103. The van der Waals surface area contributed by atoms with Gasteiger partial charge < -0.3 is 20.3 Å². The van der Waals surface area contributed by atoms with Crippen molar-refractivity contribution in [3.8, 4) is 0 Å². The second-order valence-electron chi connectivity index (χ2n) is 5.82. The van der Waals surface area contributed by atoms with Gasteiger partial charge in [-0.3, -0.25) is 4.79 Å². The monoisotopic (exact) mass is 347 g/mol. The molecule has 1 aliphatic rings. The van der Waals surface area contributed by atoms with E-state index >= 15 is 0 Å². The quantitative estimate of drug-likeness (QED) is 0.743. The molecule has 0 spiro atoms. The second kappa shape index (κ2) is 7.07. The normalized spacial score (nSPS) is 17.1. The third kappa shape index (κ3) is 3.44. The predicted molar refractivity (Wildman–Crippen MR) is 91.5 cm³/mol. The van der Waals surface area contributed by atoms with Crippen LogP contribution in [0.3, 0.4) is 0 Å². The summed E-state index contributed by atoms with van der Waals surface area (Å²) in [7, 11) is 0. The van der Waals surface area contributed by atoms with E-state index in [2.05, 4.69) is 10.3 Å². The van der Waals surface area contributed by atoms with Crippen molar-refractivity contribution >= 4 is 29.1 Å². The highest BCUT2D eigenvalue weighted by atomic mass is 35.5. The van der Waals surface area contributed by atoms with Crippen LogP contribution in [0.4, 0.5) is 10.5 Å². The summed E-state index contributed by atoms with van der Waals surface area (Å²) < 4.78 is 0. The zero-order valence-corrected chi connectivity index (χ0v) is 13.7. The Morgan fingerprint density at radius 3 is 2.88 bits per heavy atom. The van der Waals surface area contributed by atoms with Crippen molar-refractivity contribution in [3.05, 3.63) is 52.8 Å². The Hall–Kier alpha value is -2.31. The summed E-state index contributed by atoms with van der Waals surface area (Å²) in [5.41, 5.74) is 1.17. The third-order valence-corrected chi connectivity index (χ3v) is 4.38. The van der Waals surface area contributed by atoms with Crippen LogP contribution in [0.1, 0.15) is 22.5 Å². The summed E-state index contributed by atoms with van der Waals surface area (Å²) in [6, 6.07) is 7.91. The van der Waals surface area contributed by atoms with Gasteiger partial charge in [-0.25, -0.2) is 4.79 Å². The fourth-order valence-electron chi connectivity index (χ4n) is 2.79. The Labute approximate surface area is 144 Å². The first kappa shape index (κ1) is 16.5. The number of carbonyl (C=O) groups excluding carboxylic acids is 2. The molecule has 126 valence electrons. The van der Waals surface area contributed by atoms with Gasteiger partial charge in [0.05, 0.1) is 11.4 Å². The van der Waals surface area contributed by atoms with Crippen LogP contribution in [0, 0.1) is 5.92 Å². The lowest BCUT2D eigenvalue weighted by atomic mass is 10.1. The summed E-state index contributed by atoms with van der Waals surface area (Å²) in [5, 5.41) is 12.4. The van der Waals surface area contributed by atoms with Crippen molar-refractivity contribution in [2.75, 3.05) is 25.0 Å². The number of anilines is 1. The van der Waals surface area contributed by atoms with Gasteiger partial charge in [0.1, 0.15) is 0 Å². The van der Waals surface area contributed by atoms with E-state index in [1.807, 2.05) is 0 Å². The number of hydrogen-bond donors (Lipinski definition) is 3. The summed E-state index contributed by atoms with van der Waals surface area (Å²) in [6.45, 7) is 1.17. The fourth-order valence-corrected chi connectivity index (χ4v) is 2.96. The first-order valence-electron chi connectivity index (χ1n) is 7.73. The summed E-state index contributed by atoms with van der Waals surface area (Å²) in [4.78, 5) is 29.5. The van der Waals surface area contributed by atoms with E-state index in [0.29, 0.717) is 35.1 Å². The Morgan fingerprint density at radius 1 is 1.38 bits per heavy atom. The van der Waals surface area contributed by atoms with Crippen molar-refractivity contribution in [2.45, 2.75) is 6.42 Å². The van der Waals surface area contributed by atoms with E-state index in [4.69, 9.17) is 11.6 Å². The number of likely N-dealkylation sites (tertiary alicyclic amines) is 1. The number of benzene rings is 1. The average Bonchev–Trinajstić information content (AvgIpc) is 3.27. The Morgan fingerprint density at radius 2 is 2.21 bits per heavy atom. The molecular weight excluding hydrogens is 330 g/mol. The van der Waals surface area contributed by atoms with Crippen LogP contribution in [0.15, 0.2) is 36.5 Å². The van der Waals surface area contributed by atoms with Crippen LogP contribution in [0.2, 0.25) is 5.02 Å². The molecule has 2 heterocycles. The van der Waals surface area contributed by atoms with Crippen LogP contribution in [0.25, 0.3) is 0 Å². The van der Waals surface area contributed by atoms with Gasteiger partial charge in [0.15, 0.2) is 0 Å². The first-order chi connectivity index (χ1) is 11.6. The number of amides is 2. The molecule has 2 amide bonds. The van der Waals surface area contributed by atoms with Crippen LogP contribution < -0.4 is 5.32 Å². The molecule has 7 heteroatoms. The number of ketones is 1. The van der Waals surface area contributed by atoms with Crippen LogP contribution >= 0.6 is 11.6 Å². The van der Waals surface area contributed by atoms with E-state index in [0.717, 1.165) is 6.42 Å². The number of halogens is 1. The maximum atomic E-state index is 12.6. The number of urea groups is 1. The maximum absolute atomic E-state index is 12.6. The maximum Gasteiger partial charge on any atom is 0.321 e. The number of nitrogens with one attached hydrogen (secondary N) is 2. The number of aromatic nitrogens is 1. The van der Waals surface area contributed by atoms with E-state index in [1.165, 1.54) is 0 Å². The van der Waals surface area contributed by atoms with Crippen molar-refractivity contribution < 1.29 is 14.7 Å². The molecule has 1 atom stereocenters. The van der Waals surface area contributed by atoms with E-state index < -0.39 is 0 Å². The molecule has 0 saturated carbocycles. The smallest absolute Gasteiger partial charge is 0.321 e. The standard InChI is InChI=1S/C17H18ClN3O3/c18-12-3-4-14(13(8-12)16(23)15-2-1-6-19-15)20-17(24)21-7-5-11(9-21)10-22/h1-4,6,8,11,19,22H,5,7,9-10H2,(H,20,24)/t11-/m1/s1. The lowest BCUT2D eigenvalue weighted by Crippen LogP contribution is -2.33. The number of carbonyl (C=O) groups is 2. The highest BCUT2D eigenvalue weighted by Crippen LogP contribution is 2.24. The van der Waals surface area contributed by atoms with Crippen LogP contribution in [-0.4, -0.2) is 46.5 Å². The minimum atomic E-state index is -0.284. The number of aromatic amines is 1. The molecule has 3 N–H and O–H groups in total. The second-order valence-corrected chi connectivity index (χ2v) is 6.25. The van der Waals surface area contributed by atoms with Gasteiger partial charge in [0.2, 0.25) is 5.78 Å². The van der Waals surface area contributed by atoms with Crippen molar-refractivity contribution in [3.63, 3.8) is 0 Å². The van der Waals surface area contributed by atoms with Gasteiger partial charge in [-0.15, -0.1) is 0 Å². The molecule has 1 saturated heterocycles. The van der Waals surface area contributed by atoms with Crippen LogP contribution in [0.5, 0.6) is 0 Å². The topological polar surface area (TPSA) is 85.4 Å². The fraction of sp³-hybridized carbons (Fsp3) is 0.294. The summed E-state index contributed by atoms with van der Waals surface area (Å²) in [5.74, 6) is -0.131. The predicted octanol–water partition coefficient (Wildman–Crippen LogP) is 2.75. The third-order valence-electron chi connectivity index (χ3n) is 4.14. The molecule has 1 aliphatic heterocycles. The van der Waals surface area contributed by atoms with Gasteiger partial charge >= 0.3 is 6.03 Å². The van der Waals surface area contributed by atoms with E-state index in [1.54, 1.807) is 41.4 Å².